The van der Waals surface area contributed by atoms with Crippen molar-refractivity contribution in [3.63, 3.8) is 0 Å². The summed E-state index contributed by atoms with van der Waals surface area (Å²) >= 11 is 5.85. The largest absolute Gasteiger partial charge is 0.497 e. The lowest BCUT2D eigenvalue weighted by Gasteiger charge is -2.12. The maximum atomic E-state index is 12.8. The van der Waals surface area contributed by atoms with Gasteiger partial charge in [-0.25, -0.2) is 18.6 Å². The minimum Gasteiger partial charge on any atom is -0.497 e. The number of hydrazone groups is 1. The quantitative estimate of drug-likeness (QED) is 0.113. The molecule has 10 nitrogen and oxygen atoms in total. The molecule has 0 aliphatic heterocycles. The van der Waals surface area contributed by atoms with Crippen LogP contribution in [0.4, 0.5) is 5.69 Å². The minimum absolute atomic E-state index is 0.0118. The standard InChI is InChI=1S/C29H24ClN3O7S/c1-38-22-12-8-20(9-13-22)29(35)40-26-16-7-19(17-27(26)39-2)18-31-32-28(34)24-5-3-4-6-25(24)33-41(36,37)23-14-10-21(30)11-15-23/h3-18,33H,1-2H3,(H,32,34). The van der Waals surface area contributed by atoms with Crippen LogP contribution in [0.5, 0.6) is 17.2 Å². The average molecular weight is 594 g/mol. The summed E-state index contributed by atoms with van der Waals surface area (Å²) in [4.78, 5) is 25.3. The number of nitrogens with zero attached hydrogens (tertiary/aromatic N) is 1. The third-order valence-electron chi connectivity index (χ3n) is 5.64. The highest BCUT2D eigenvalue weighted by Crippen LogP contribution is 2.29. The topological polar surface area (TPSA) is 132 Å². The molecular weight excluding hydrogens is 570 g/mol. The highest BCUT2D eigenvalue weighted by atomic mass is 35.5. The van der Waals surface area contributed by atoms with Crippen molar-refractivity contribution in [2.24, 2.45) is 5.10 Å². The van der Waals surface area contributed by atoms with E-state index in [2.05, 4.69) is 15.2 Å². The number of carbonyl (C=O) groups is 2. The highest BCUT2D eigenvalue weighted by Gasteiger charge is 2.19. The molecule has 0 aromatic heterocycles. The molecule has 0 saturated heterocycles. The average Bonchev–Trinajstić information content (AvgIpc) is 2.98. The first-order valence-electron chi connectivity index (χ1n) is 12.0. The zero-order valence-corrected chi connectivity index (χ0v) is 23.4. The fourth-order valence-electron chi connectivity index (χ4n) is 3.55. The summed E-state index contributed by atoms with van der Waals surface area (Å²) in [5.41, 5.74) is 3.36. The predicted molar refractivity (Wildman–Crippen MR) is 155 cm³/mol. The Labute approximate surface area is 241 Å². The van der Waals surface area contributed by atoms with Crippen LogP contribution in [0.3, 0.4) is 0 Å². The zero-order valence-electron chi connectivity index (χ0n) is 21.8. The van der Waals surface area contributed by atoms with Crippen LogP contribution in [-0.2, 0) is 10.0 Å². The first kappa shape index (κ1) is 29.1. The fraction of sp³-hybridized carbons (Fsp3) is 0.0690. The van der Waals surface area contributed by atoms with E-state index in [9.17, 15) is 18.0 Å². The number of rotatable bonds is 10. The molecule has 41 heavy (non-hydrogen) atoms. The van der Waals surface area contributed by atoms with Crippen molar-refractivity contribution in [3.8, 4) is 17.2 Å². The molecule has 0 fully saturated rings. The Hall–Kier alpha value is -4.87. The number of hydrogen-bond donors (Lipinski definition) is 2. The van der Waals surface area contributed by atoms with Gasteiger partial charge in [0.15, 0.2) is 11.5 Å². The van der Waals surface area contributed by atoms with Crippen molar-refractivity contribution in [1.29, 1.82) is 0 Å². The van der Waals surface area contributed by atoms with Gasteiger partial charge in [0, 0.05) is 5.02 Å². The van der Waals surface area contributed by atoms with Crippen LogP contribution in [0.15, 0.2) is 101 Å². The Morgan fingerprint density at radius 3 is 2.24 bits per heavy atom. The second kappa shape index (κ2) is 13.0. The number of halogens is 1. The molecule has 210 valence electrons. The Balaban J connectivity index is 1.43. The smallest absolute Gasteiger partial charge is 0.343 e. The molecule has 2 N–H and O–H groups in total. The zero-order chi connectivity index (χ0) is 29.4. The molecule has 12 heteroatoms. The summed E-state index contributed by atoms with van der Waals surface area (Å²) in [5, 5.41) is 4.35. The predicted octanol–water partition coefficient (Wildman–Crippen LogP) is 5.14. The lowest BCUT2D eigenvalue weighted by molar-refractivity contribution is 0.0729. The lowest BCUT2D eigenvalue weighted by atomic mass is 10.2. The number of benzene rings is 4. The number of para-hydroxylation sites is 1. The summed E-state index contributed by atoms with van der Waals surface area (Å²) in [7, 11) is -1.02. The molecule has 0 saturated carbocycles. The second-order valence-electron chi connectivity index (χ2n) is 8.33. The highest BCUT2D eigenvalue weighted by molar-refractivity contribution is 7.92. The van der Waals surface area contributed by atoms with Gasteiger partial charge in [0.05, 0.1) is 42.1 Å². The number of carbonyl (C=O) groups excluding carboxylic acids is 2. The third-order valence-corrected chi connectivity index (χ3v) is 7.27. The summed E-state index contributed by atoms with van der Waals surface area (Å²) < 4.78 is 43.9. The number of methoxy groups -OCH3 is 2. The van der Waals surface area contributed by atoms with E-state index >= 15 is 0 Å². The Morgan fingerprint density at radius 1 is 0.854 bits per heavy atom. The number of ether oxygens (including phenoxy) is 3. The Kier molecular flexibility index (Phi) is 9.23. The summed E-state index contributed by atoms with van der Waals surface area (Å²) in [6.07, 6.45) is 1.36. The normalized spacial score (nSPS) is 11.1. The molecule has 1 amide bonds. The number of sulfonamides is 1. The minimum atomic E-state index is -3.97. The van der Waals surface area contributed by atoms with Crippen LogP contribution in [-0.4, -0.2) is 40.7 Å². The van der Waals surface area contributed by atoms with Crippen LogP contribution < -0.4 is 24.4 Å². The first-order chi connectivity index (χ1) is 19.7. The molecule has 0 atom stereocenters. The van der Waals surface area contributed by atoms with E-state index in [1.807, 2.05) is 0 Å². The molecule has 0 aliphatic carbocycles. The molecule has 0 spiro atoms. The van der Waals surface area contributed by atoms with E-state index in [-0.39, 0.29) is 27.6 Å². The number of nitrogens with one attached hydrogen (secondary N) is 2. The first-order valence-corrected chi connectivity index (χ1v) is 13.8. The van der Waals surface area contributed by atoms with Crippen molar-refractivity contribution >= 4 is 45.4 Å². The van der Waals surface area contributed by atoms with Crippen LogP contribution in [0.25, 0.3) is 0 Å². The Morgan fingerprint density at radius 2 is 1.56 bits per heavy atom. The molecule has 4 aromatic carbocycles. The van der Waals surface area contributed by atoms with E-state index in [1.165, 1.54) is 62.9 Å². The summed E-state index contributed by atoms with van der Waals surface area (Å²) in [5.74, 6) is -0.157. The van der Waals surface area contributed by atoms with Crippen molar-refractivity contribution in [1.82, 2.24) is 5.43 Å². The lowest BCUT2D eigenvalue weighted by Crippen LogP contribution is -2.21. The molecule has 4 rings (SSSR count). The molecule has 0 heterocycles. The summed E-state index contributed by atoms with van der Waals surface area (Å²) in [6, 6.07) is 22.9. The van der Waals surface area contributed by atoms with Gasteiger partial charge in [-0.05, 0) is 84.4 Å². The number of hydrogen-bond acceptors (Lipinski definition) is 8. The molecule has 0 radical (unpaired) electrons. The molecular formula is C29H24ClN3O7S. The van der Waals surface area contributed by atoms with E-state index in [1.54, 1.807) is 48.5 Å². The number of amides is 1. The van der Waals surface area contributed by atoms with Crippen molar-refractivity contribution in [2.45, 2.75) is 4.90 Å². The van der Waals surface area contributed by atoms with Gasteiger partial charge in [0.1, 0.15) is 5.75 Å². The van der Waals surface area contributed by atoms with E-state index in [0.29, 0.717) is 21.9 Å². The van der Waals surface area contributed by atoms with Gasteiger partial charge >= 0.3 is 5.97 Å². The molecule has 0 bridgehead atoms. The monoisotopic (exact) mass is 593 g/mol. The van der Waals surface area contributed by atoms with Crippen LogP contribution in [0.1, 0.15) is 26.3 Å². The molecule has 0 unspecified atom stereocenters. The second-order valence-corrected chi connectivity index (χ2v) is 10.5. The van der Waals surface area contributed by atoms with Gasteiger partial charge in [-0.3, -0.25) is 9.52 Å². The van der Waals surface area contributed by atoms with Gasteiger partial charge in [-0.15, -0.1) is 0 Å². The maximum absolute atomic E-state index is 12.8. The number of anilines is 1. The van der Waals surface area contributed by atoms with Crippen LogP contribution >= 0.6 is 11.6 Å². The Bertz CT molecular complexity index is 1690. The SMILES string of the molecule is COc1ccc(C(=O)Oc2ccc(C=NNC(=O)c3ccccc3NS(=O)(=O)c3ccc(Cl)cc3)cc2OC)cc1. The van der Waals surface area contributed by atoms with Gasteiger partial charge in [-0.2, -0.15) is 5.10 Å². The molecule has 0 aliphatic rings. The van der Waals surface area contributed by atoms with Gasteiger partial charge < -0.3 is 14.2 Å². The van der Waals surface area contributed by atoms with Crippen LogP contribution in [0, 0.1) is 0 Å². The number of esters is 1. The summed E-state index contributed by atoms with van der Waals surface area (Å²) in [6.45, 7) is 0. The van der Waals surface area contributed by atoms with E-state index in [4.69, 9.17) is 25.8 Å². The van der Waals surface area contributed by atoms with Crippen molar-refractivity contribution in [2.75, 3.05) is 18.9 Å². The van der Waals surface area contributed by atoms with Gasteiger partial charge in [0.25, 0.3) is 15.9 Å². The van der Waals surface area contributed by atoms with Crippen molar-refractivity contribution in [3.05, 3.63) is 113 Å². The van der Waals surface area contributed by atoms with E-state index < -0.39 is 21.9 Å². The van der Waals surface area contributed by atoms with Gasteiger partial charge in [-0.1, -0.05) is 23.7 Å². The van der Waals surface area contributed by atoms with Gasteiger partial charge in [0.2, 0.25) is 0 Å². The molecule has 4 aromatic rings. The maximum Gasteiger partial charge on any atom is 0.343 e. The van der Waals surface area contributed by atoms with E-state index in [0.717, 1.165) is 0 Å². The third kappa shape index (κ3) is 7.41. The fourth-order valence-corrected chi connectivity index (χ4v) is 4.75. The van der Waals surface area contributed by atoms with Crippen molar-refractivity contribution < 1.29 is 32.2 Å². The van der Waals surface area contributed by atoms with Crippen LogP contribution in [0.2, 0.25) is 5.02 Å².